The molecular weight excluding hydrogens is 289 g/mol. The summed E-state index contributed by atoms with van der Waals surface area (Å²) in [5.41, 5.74) is 2.93. The first-order valence-corrected chi connectivity index (χ1v) is 7.56. The van der Waals surface area contributed by atoms with E-state index >= 15 is 0 Å². The standard InChI is InChI=1S/C16H21ClFN3/c1-4-7-19-16(14-10-21(3)20-11(14)2)9-12-8-13(18)5-6-15(12)17/h5-6,8,10,16,19H,4,7,9H2,1-3H3. The van der Waals surface area contributed by atoms with Gasteiger partial charge in [-0.2, -0.15) is 5.10 Å². The van der Waals surface area contributed by atoms with Gasteiger partial charge >= 0.3 is 0 Å². The second kappa shape index (κ2) is 7.05. The van der Waals surface area contributed by atoms with Gasteiger partial charge in [0.1, 0.15) is 5.82 Å². The van der Waals surface area contributed by atoms with Crippen molar-refractivity contribution in [2.75, 3.05) is 6.54 Å². The van der Waals surface area contributed by atoms with Crippen LogP contribution in [-0.4, -0.2) is 16.3 Å². The van der Waals surface area contributed by atoms with Crippen LogP contribution in [0.5, 0.6) is 0 Å². The van der Waals surface area contributed by atoms with Crippen LogP contribution in [0.25, 0.3) is 0 Å². The molecule has 1 aromatic carbocycles. The Morgan fingerprint density at radius 1 is 1.43 bits per heavy atom. The van der Waals surface area contributed by atoms with Crippen molar-refractivity contribution in [1.82, 2.24) is 15.1 Å². The van der Waals surface area contributed by atoms with E-state index in [9.17, 15) is 4.39 Å². The van der Waals surface area contributed by atoms with Gasteiger partial charge in [-0.05, 0) is 50.1 Å². The number of nitrogens with zero attached hydrogens (tertiary/aromatic N) is 2. The summed E-state index contributed by atoms with van der Waals surface area (Å²) in [6, 6.07) is 4.58. The Kier molecular flexibility index (Phi) is 5.37. The third-order valence-corrected chi connectivity index (χ3v) is 3.87. The van der Waals surface area contributed by atoms with Gasteiger partial charge in [-0.15, -0.1) is 0 Å². The van der Waals surface area contributed by atoms with Crippen molar-refractivity contribution >= 4 is 11.6 Å². The molecule has 0 saturated heterocycles. The van der Waals surface area contributed by atoms with Crippen molar-refractivity contribution in [3.05, 3.63) is 52.1 Å². The molecule has 1 heterocycles. The molecule has 1 aromatic heterocycles. The number of rotatable bonds is 6. The summed E-state index contributed by atoms with van der Waals surface area (Å²) < 4.78 is 15.2. The van der Waals surface area contributed by atoms with Gasteiger partial charge in [0.2, 0.25) is 0 Å². The summed E-state index contributed by atoms with van der Waals surface area (Å²) in [6.45, 7) is 5.00. The highest BCUT2D eigenvalue weighted by molar-refractivity contribution is 6.31. The second-order valence-corrected chi connectivity index (χ2v) is 5.70. The van der Waals surface area contributed by atoms with E-state index in [0.717, 1.165) is 29.8 Å². The minimum Gasteiger partial charge on any atom is -0.310 e. The van der Waals surface area contributed by atoms with Crippen LogP contribution < -0.4 is 5.32 Å². The highest BCUT2D eigenvalue weighted by Crippen LogP contribution is 2.25. The molecule has 0 spiro atoms. The van der Waals surface area contributed by atoms with E-state index < -0.39 is 0 Å². The lowest BCUT2D eigenvalue weighted by molar-refractivity contribution is 0.525. The lowest BCUT2D eigenvalue weighted by Crippen LogP contribution is -2.24. The fourth-order valence-electron chi connectivity index (χ4n) is 2.49. The van der Waals surface area contributed by atoms with E-state index in [1.807, 2.05) is 20.2 Å². The maximum Gasteiger partial charge on any atom is 0.123 e. The van der Waals surface area contributed by atoms with Gasteiger partial charge in [0.05, 0.1) is 5.69 Å². The van der Waals surface area contributed by atoms with Crippen molar-refractivity contribution < 1.29 is 4.39 Å². The fourth-order valence-corrected chi connectivity index (χ4v) is 2.69. The average molecular weight is 310 g/mol. The van der Waals surface area contributed by atoms with E-state index in [0.29, 0.717) is 11.4 Å². The van der Waals surface area contributed by atoms with E-state index in [-0.39, 0.29) is 11.9 Å². The zero-order valence-electron chi connectivity index (χ0n) is 12.7. The highest BCUT2D eigenvalue weighted by Gasteiger charge is 2.18. The number of hydrogen-bond donors (Lipinski definition) is 1. The Bertz CT molecular complexity index is 610. The molecule has 2 aromatic rings. The van der Waals surface area contributed by atoms with Crippen molar-refractivity contribution in [3.8, 4) is 0 Å². The lowest BCUT2D eigenvalue weighted by Gasteiger charge is -2.19. The molecule has 2 rings (SSSR count). The summed E-state index contributed by atoms with van der Waals surface area (Å²) in [4.78, 5) is 0. The van der Waals surface area contributed by atoms with Crippen LogP contribution in [0.3, 0.4) is 0 Å². The summed E-state index contributed by atoms with van der Waals surface area (Å²) in [5, 5.41) is 8.49. The van der Waals surface area contributed by atoms with Gasteiger partial charge in [0.25, 0.3) is 0 Å². The average Bonchev–Trinajstić information content (AvgIpc) is 2.77. The molecule has 1 N–H and O–H groups in total. The summed E-state index contributed by atoms with van der Waals surface area (Å²) >= 11 is 6.19. The van der Waals surface area contributed by atoms with Crippen molar-refractivity contribution in [2.45, 2.75) is 32.7 Å². The first-order valence-electron chi connectivity index (χ1n) is 7.18. The Morgan fingerprint density at radius 2 is 2.19 bits per heavy atom. The first-order chi connectivity index (χ1) is 10.0. The van der Waals surface area contributed by atoms with E-state index in [4.69, 9.17) is 11.6 Å². The third-order valence-electron chi connectivity index (χ3n) is 3.50. The maximum absolute atomic E-state index is 13.4. The largest absolute Gasteiger partial charge is 0.310 e. The normalized spacial score (nSPS) is 12.6. The second-order valence-electron chi connectivity index (χ2n) is 5.29. The molecule has 0 saturated carbocycles. The molecule has 0 aliphatic heterocycles. The van der Waals surface area contributed by atoms with E-state index in [1.165, 1.54) is 12.1 Å². The SMILES string of the molecule is CCCNC(Cc1cc(F)ccc1Cl)c1cn(C)nc1C. The predicted octanol–water partition coefficient (Wildman–Crippen LogP) is 3.80. The highest BCUT2D eigenvalue weighted by atomic mass is 35.5. The zero-order chi connectivity index (χ0) is 15.4. The molecule has 0 radical (unpaired) electrons. The smallest absolute Gasteiger partial charge is 0.123 e. The monoisotopic (exact) mass is 309 g/mol. The molecule has 0 amide bonds. The lowest BCUT2D eigenvalue weighted by atomic mass is 9.99. The number of benzene rings is 1. The van der Waals surface area contributed by atoms with Crippen LogP contribution in [0, 0.1) is 12.7 Å². The molecule has 0 aliphatic carbocycles. The van der Waals surface area contributed by atoms with E-state index in [2.05, 4.69) is 17.3 Å². The molecule has 5 heteroatoms. The summed E-state index contributed by atoms with van der Waals surface area (Å²) in [7, 11) is 1.91. The number of aryl methyl sites for hydroxylation is 2. The molecule has 3 nitrogen and oxygen atoms in total. The van der Waals surface area contributed by atoms with Gasteiger partial charge in [-0.3, -0.25) is 4.68 Å². The number of aromatic nitrogens is 2. The van der Waals surface area contributed by atoms with Crippen LogP contribution in [0.4, 0.5) is 4.39 Å². The van der Waals surface area contributed by atoms with Crippen LogP contribution in [0.1, 0.15) is 36.2 Å². The van der Waals surface area contributed by atoms with Crippen molar-refractivity contribution in [1.29, 1.82) is 0 Å². The van der Waals surface area contributed by atoms with Crippen LogP contribution in [0.2, 0.25) is 5.02 Å². The van der Waals surface area contributed by atoms with Crippen molar-refractivity contribution in [2.24, 2.45) is 7.05 Å². The Labute approximate surface area is 130 Å². The molecule has 0 aliphatic rings. The minimum atomic E-state index is -0.258. The molecule has 21 heavy (non-hydrogen) atoms. The number of hydrogen-bond acceptors (Lipinski definition) is 2. The number of nitrogens with one attached hydrogen (secondary N) is 1. The maximum atomic E-state index is 13.4. The third kappa shape index (κ3) is 4.05. The Hall–Kier alpha value is -1.39. The fraction of sp³-hybridized carbons (Fsp3) is 0.438. The van der Waals surface area contributed by atoms with Crippen molar-refractivity contribution in [3.63, 3.8) is 0 Å². The van der Waals surface area contributed by atoms with Crippen LogP contribution >= 0.6 is 11.6 Å². The molecule has 114 valence electrons. The first kappa shape index (κ1) is 16.0. The molecule has 0 bridgehead atoms. The zero-order valence-corrected chi connectivity index (χ0v) is 13.4. The molecule has 1 unspecified atom stereocenters. The topological polar surface area (TPSA) is 29.9 Å². The van der Waals surface area contributed by atoms with E-state index in [1.54, 1.807) is 10.7 Å². The molecule has 0 fully saturated rings. The molecule has 1 atom stereocenters. The van der Waals surface area contributed by atoms with Gasteiger partial charge in [0, 0.05) is 29.9 Å². The van der Waals surface area contributed by atoms with Gasteiger partial charge < -0.3 is 5.32 Å². The van der Waals surface area contributed by atoms with Gasteiger partial charge in [-0.25, -0.2) is 4.39 Å². The minimum absolute atomic E-state index is 0.0814. The number of halogens is 2. The Balaban J connectivity index is 2.28. The van der Waals surface area contributed by atoms with Crippen LogP contribution in [0.15, 0.2) is 24.4 Å². The van der Waals surface area contributed by atoms with Crippen LogP contribution in [-0.2, 0) is 13.5 Å². The summed E-state index contributed by atoms with van der Waals surface area (Å²) in [6.07, 6.45) is 3.69. The predicted molar refractivity (Wildman–Crippen MR) is 84.1 cm³/mol. The van der Waals surface area contributed by atoms with Gasteiger partial charge in [-0.1, -0.05) is 18.5 Å². The van der Waals surface area contributed by atoms with Gasteiger partial charge in [0.15, 0.2) is 0 Å². The summed E-state index contributed by atoms with van der Waals surface area (Å²) in [5.74, 6) is -0.258. The Morgan fingerprint density at radius 3 is 2.81 bits per heavy atom. The quantitative estimate of drug-likeness (QED) is 0.879. The molecular formula is C16H21ClFN3.